The van der Waals surface area contributed by atoms with Gasteiger partial charge in [0.05, 0.1) is 10.0 Å². The Kier molecular flexibility index (Phi) is 8.99. The molecule has 2 aromatic rings. The fourth-order valence-corrected chi connectivity index (χ4v) is 3.63. The maximum absolute atomic E-state index is 13.3. The van der Waals surface area contributed by atoms with Crippen molar-refractivity contribution in [2.24, 2.45) is 0 Å². The van der Waals surface area contributed by atoms with Crippen molar-refractivity contribution >= 4 is 35.0 Å². The third-order valence-electron chi connectivity index (χ3n) is 5.13. The van der Waals surface area contributed by atoms with Gasteiger partial charge in [0, 0.05) is 12.1 Å². The second kappa shape index (κ2) is 11.1. The fraction of sp³-hybridized carbons (Fsp3) is 0.440. The molecule has 0 radical (unpaired) electrons. The standard InChI is InChI=1S/C25H32Cl2N2O3/c1-7-21(24(31)28-25(4,5)6)29(14-18-11-12-19(26)20(27)13-18)23(30)15-32-22-10-8-9-16(2)17(22)3/h8-13,21H,7,14-15H2,1-6H3,(H,28,31). The summed E-state index contributed by atoms with van der Waals surface area (Å²) in [7, 11) is 0. The van der Waals surface area contributed by atoms with Crippen molar-refractivity contribution in [2.45, 2.75) is 66.1 Å². The number of nitrogens with zero attached hydrogens (tertiary/aromatic N) is 1. The first-order valence-electron chi connectivity index (χ1n) is 10.7. The van der Waals surface area contributed by atoms with Crippen molar-refractivity contribution in [3.63, 3.8) is 0 Å². The van der Waals surface area contributed by atoms with E-state index < -0.39 is 11.6 Å². The van der Waals surface area contributed by atoms with Crippen molar-refractivity contribution < 1.29 is 14.3 Å². The van der Waals surface area contributed by atoms with Gasteiger partial charge in [0.25, 0.3) is 5.91 Å². The van der Waals surface area contributed by atoms with E-state index in [2.05, 4.69) is 5.32 Å². The lowest BCUT2D eigenvalue weighted by molar-refractivity contribution is -0.143. The lowest BCUT2D eigenvalue weighted by atomic mass is 10.1. The number of carbonyl (C=O) groups is 2. The van der Waals surface area contributed by atoms with Gasteiger partial charge in [-0.3, -0.25) is 9.59 Å². The Morgan fingerprint density at radius 1 is 1.09 bits per heavy atom. The van der Waals surface area contributed by atoms with Gasteiger partial charge in [-0.2, -0.15) is 0 Å². The number of amides is 2. The quantitative estimate of drug-likeness (QED) is 0.528. The van der Waals surface area contributed by atoms with E-state index in [1.165, 1.54) is 0 Å². The van der Waals surface area contributed by atoms with E-state index in [-0.39, 0.29) is 25.0 Å². The van der Waals surface area contributed by atoms with Crippen LogP contribution in [0.15, 0.2) is 36.4 Å². The number of rotatable bonds is 8. The maximum Gasteiger partial charge on any atom is 0.261 e. The number of hydrogen-bond acceptors (Lipinski definition) is 3. The van der Waals surface area contributed by atoms with Gasteiger partial charge in [-0.1, -0.05) is 48.3 Å². The summed E-state index contributed by atoms with van der Waals surface area (Å²) in [5.41, 5.74) is 2.42. The minimum Gasteiger partial charge on any atom is -0.483 e. The van der Waals surface area contributed by atoms with Crippen LogP contribution in [0.2, 0.25) is 10.0 Å². The van der Waals surface area contributed by atoms with Crippen LogP contribution in [0.4, 0.5) is 0 Å². The number of aryl methyl sites for hydroxylation is 1. The highest BCUT2D eigenvalue weighted by Gasteiger charge is 2.31. The minimum atomic E-state index is -0.654. The maximum atomic E-state index is 13.3. The van der Waals surface area contributed by atoms with E-state index in [0.29, 0.717) is 22.2 Å². The van der Waals surface area contributed by atoms with Gasteiger partial charge in [-0.05, 0) is 75.9 Å². The Labute approximate surface area is 201 Å². The molecule has 2 amide bonds. The molecule has 0 heterocycles. The summed E-state index contributed by atoms with van der Waals surface area (Å²) in [4.78, 5) is 27.9. The number of nitrogens with one attached hydrogen (secondary N) is 1. The van der Waals surface area contributed by atoms with Gasteiger partial charge in [0.1, 0.15) is 11.8 Å². The molecule has 0 spiro atoms. The van der Waals surface area contributed by atoms with Gasteiger partial charge in [-0.25, -0.2) is 0 Å². The zero-order chi connectivity index (χ0) is 24.1. The van der Waals surface area contributed by atoms with E-state index in [1.54, 1.807) is 23.1 Å². The number of carbonyl (C=O) groups excluding carboxylic acids is 2. The normalized spacial score (nSPS) is 12.2. The first-order chi connectivity index (χ1) is 14.9. The molecular weight excluding hydrogens is 447 g/mol. The topological polar surface area (TPSA) is 58.6 Å². The Hall–Kier alpha value is -2.24. The predicted octanol–water partition coefficient (Wildman–Crippen LogP) is 5.71. The molecule has 0 aliphatic carbocycles. The lowest BCUT2D eigenvalue weighted by Crippen LogP contribution is -2.54. The van der Waals surface area contributed by atoms with Crippen LogP contribution in [0, 0.1) is 13.8 Å². The molecule has 0 fully saturated rings. The number of hydrogen-bond donors (Lipinski definition) is 1. The van der Waals surface area contributed by atoms with Crippen molar-refractivity contribution in [3.05, 3.63) is 63.1 Å². The van der Waals surface area contributed by atoms with Crippen LogP contribution in [-0.2, 0) is 16.1 Å². The zero-order valence-corrected chi connectivity index (χ0v) is 21.1. The first kappa shape index (κ1) is 26.0. The molecule has 0 aliphatic rings. The molecule has 174 valence electrons. The largest absolute Gasteiger partial charge is 0.483 e. The first-order valence-corrected chi connectivity index (χ1v) is 11.4. The highest BCUT2D eigenvalue weighted by atomic mass is 35.5. The molecule has 7 heteroatoms. The summed E-state index contributed by atoms with van der Waals surface area (Å²) in [6.45, 7) is 11.6. The van der Waals surface area contributed by atoms with E-state index in [1.807, 2.05) is 59.7 Å². The second-order valence-electron chi connectivity index (χ2n) is 8.92. The average molecular weight is 479 g/mol. The van der Waals surface area contributed by atoms with Crippen molar-refractivity contribution in [3.8, 4) is 5.75 Å². The molecule has 5 nitrogen and oxygen atoms in total. The van der Waals surface area contributed by atoms with Gasteiger partial charge >= 0.3 is 0 Å². The molecule has 0 saturated carbocycles. The molecule has 1 N–H and O–H groups in total. The van der Waals surface area contributed by atoms with Gasteiger partial charge in [0.15, 0.2) is 6.61 Å². The van der Waals surface area contributed by atoms with Crippen molar-refractivity contribution in [1.82, 2.24) is 10.2 Å². The van der Waals surface area contributed by atoms with Gasteiger partial charge < -0.3 is 15.0 Å². The van der Waals surface area contributed by atoms with Crippen LogP contribution >= 0.6 is 23.2 Å². The summed E-state index contributed by atoms with van der Waals surface area (Å²) in [6.07, 6.45) is 0.457. The van der Waals surface area contributed by atoms with Crippen LogP contribution in [0.25, 0.3) is 0 Å². The number of halogens is 2. The lowest BCUT2D eigenvalue weighted by Gasteiger charge is -2.33. The Balaban J connectivity index is 2.30. The highest BCUT2D eigenvalue weighted by molar-refractivity contribution is 6.42. The molecule has 2 aromatic carbocycles. The summed E-state index contributed by atoms with van der Waals surface area (Å²) < 4.78 is 5.85. The summed E-state index contributed by atoms with van der Waals surface area (Å²) >= 11 is 12.2. The molecule has 0 saturated heterocycles. The van der Waals surface area contributed by atoms with E-state index >= 15 is 0 Å². The number of benzene rings is 2. The van der Waals surface area contributed by atoms with Gasteiger partial charge in [0.2, 0.25) is 5.91 Å². The molecule has 2 rings (SSSR count). The van der Waals surface area contributed by atoms with Crippen molar-refractivity contribution in [2.75, 3.05) is 6.61 Å². The third-order valence-corrected chi connectivity index (χ3v) is 5.87. The van der Waals surface area contributed by atoms with Crippen LogP contribution in [-0.4, -0.2) is 34.9 Å². The third kappa shape index (κ3) is 7.14. The second-order valence-corrected chi connectivity index (χ2v) is 9.73. The van der Waals surface area contributed by atoms with E-state index in [9.17, 15) is 9.59 Å². The van der Waals surface area contributed by atoms with E-state index in [4.69, 9.17) is 27.9 Å². The van der Waals surface area contributed by atoms with Crippen LogP contribution in [0.5, 0.6) is 5.75 Å². The molecule has 1 unspecified atom stereocenters. The number of ether oxygens (including phenoxy) is 1. The molecule has 0 aromatic heterocycles. The van der Waals surface area contributed by atoms with Crippen LogP contribution in [0.3, 0.4) is 0 Å². The van der Waals surface area contributed by atoms with Crippen LogP contribution < -0.4 is 10.1 Å². The predicted molar refractivity (Wildman–Crippen MR) is 130 cm³/mol. The van der Waals surface area contributed by atoms with Gasteiger partial charge in [-0.15, -0.1) is 0 Å². The average Bonchev–Trinajstić information content (AvgIpc) is 2.70. The van der Waals surface area contributed by atoms with Crippen molar-refractivity contribution in [1.29, 1.82) is 0 Å². The SMILES string of the molecule is CCC(C(=O)NC(C)(C)C)N(Cc1ccc(Cl)c(Cl)c1)C(=O)COc1cccc(C)c1C. The summed E-state index contributed by atoms with van der Waals surface area (Å²) in [5, 5.41) is 3.81. The fourth-order valence-electron chi connectivity index (χ4n) is 3.31. The highest BCUT2D eigenvalue weighted by Crippen LogP contribution is 2.25. The monoisotopic (exact) mass is 478 g/mol. The Morgan fingerprint density at radius 2 is 1.78 bits per heavy atom. The molecular formula is C25H32Cl2N2O3. The van der Waals surface area contributed by atoms with E-state index in [0.717, 1.165) is 16.7 Å². The molecule has 1 atom stereocenters. The minimum absolute atomic E-state index is 0.176. The summed E-state index contributed by atoms with van der Waals surface area (Å²) in [6, 6.07) is 10.3. The summed E-state index contributed by atoms with van der Waals surface area (Å²) in [5.74, 6) is 0.160. The zero-order valence-electron chi connectivity index (χ0n) is 19.6. The Morgan fingerprint density at radius 3 is 2.38 bits per heavy atom. The smallest absolute Gasteiger partial charge is 0.261 e. The Bertz CT molecular complexity index is 970. The molecule has 32 heavy (non-hydrogen) atoms. The molecule has 0 aliphatic heterocycles. The molecule has 0 bridgehead atoms. The van der Waals surface area contributed by atoms with Crippen LogP contribution in [0.1, 0.15) is 50.8 Å².